The third kappa shape index (κ3) is 3.82. The van der Waals surface area contributed by atoms with E-state index in [9.17, 15) is 9.59 Å². The van der Waals surface area contributed by atoms with E-state index in [2.05, 4.69) is 10.3 Å². The Morgan fingerprint density at radius 2 is 2.00 bits per heavy atom. The van der Waals surface area contributed by atoms with Crippen LogP contribution in [0.15, 0.2) is 40.9 Å². The maximum Gasteiger partial charge on any atom is 0.311 e. The predicted molar refractivity (Wildman–Crippen MR) is 87.2 cm³/mol. The lowest BCUT2D eigenvalue weighted by molar-refractivity contribution is -0.143. The Morgan fingerprint density at radius 3 is 2.67 bits per heavy atom. The zero-order chi connectivity index (χ0) is 17.0. The minimum absolute atomic E-state index is 0.127. The van der Waals surface area contributed by atoms with Crippen molar-refractivity contribution in [2.24, 2.45) is 5.41 Å². The number of benzene rings is 1. The van der Waals surface area contributed by atoms with Crippen molar-refractivity contribution in [3.63, 3.8) is 0 Å². The summed E-state index contributed by atoms with van der Waals surface area (Å²) < 4.78 is 5.69. The number of rotatable bonds is 8. The molecule has 1 aliphatic carbocycles. The monoisotopic (exact) mass is 328 g/mol. The molecule has 3 rings (SSSR count). The molecule has 6 nitrogen and oxygen atoms in total. The lowest BCUT2D eigenvalue weighted by Crippen LogP contribution is -2.34. The van der Waals surface area contributed by atoms with E-state index in [1.165, 1.54) is 0 Å². The molecule has 1 aromatic carbocycles. The highest BCUT2D eigenvalue weighted by Gasteiger charge is 2.50. The zero-order valence-corrected chi connectivity index (χ0v) is 13.3. The zero-order valence-electron chi connectivity index (χ0n) is 13.3. The van der Waals surface area contributed by atoms with Crippen LogP contribution in [-0.4, -0.2) is 28.5 Å². The predicted octanol–water partition coefficient (Wildman–Crippen LogP) is 2.65. The molecular formula is C18H20N2O4. The minimum atomic E-state index is -0.823. The van der Waals surface area contributed by atoms with Crippen LogP contribution in [0.5, 0.6) is 0 Å². The minimum Gasteiger partial charge on any atom is -0.481 e. The number of carboxylic acid groups (broad SMARTS) is 1. The van der Waals surface area contributed by atoms with Crippen molar-refractivity contribution < 1.29 is 19.1 Å². The summed E-state index contributed by atoms with van der Waals surface area (Å²) in [4.78, 5) is 27.1. The van der Waals surface area contributed by atoms with Crippen LogP contribution in [0.1, 0.15) is 31.6 Å². The van der Waals surface area contributed by atoms with Gasteiger partial charge in [-0.15, -0.1) is 0 Å². The first-order chi connectivity index (χ1) is 11.6. The Hall–Kier alpha value is -2.63. The van der Waals surface area contributed by atoms with Crippen molar-refractivity contribution in [1.82, 2.24) is 10.3 Å². The number of aromatic nitrogens is 1. The number of amides is 1. The summed E-state index contributed by atoms with van der Waals surface area (Å²) >= 11 is 0. The summed E-state index contributed by atoms with van der Waals surface area (Å²) in [5.74, 6) is 0.367. The maximum absolute atomic E-state index is 11.8. The fraction of sp³-hybridized carbons (Fsp3) is 0.389. The third-order valence-electron chi connectivity index (χ3n) is 4.34. The van der Waals surface area contributed by atoms with Gasteiger partial charge in [0.15, 0.2) is 11.7 Å². The molecule has 0 atom stereocenters. The van der Waals surface area contributed by atoms with E-state index in [1.807, 2.05) is 30.3 Å². The fourth-order valence-electron chi connectivity index (χ4n) is 2.54. The first-order valence-electron chi connectivity index (χ1n) is 8.09. The van der Waals surface area contributed by atoms with Gasteiger partial charge in [0.25, 0.3) is 0 Å². The van der Waals surface area contributed by atoms with Crippen LogP contribution in [0, 0.1) is 5.41 Å². The van der Waals surface area contributed by atoms with Crippen LogP contribution in [0.3, 0.4) is 0 Å². The van der Waals surface area contributed by atoms with Gasteiger partial charge >= 0.3 is 5.97 Å². The molecule has 0 saturated heterocycles. The summed E-state index contributed by atoms with van der Waals surface area (Å²) in [5.41, 5.74) is 0.250. The van der Waals surface area contributed by atoms with Crippen molar-refractivity contribution in [2.45, 2.75) is 32.1 Å². The highest BCUT2D eigenvalue weighted by atomic mass is 16.4. The second-order valence-electron chi connectivity index (χ2n) is 6.20. The topological polar surface area (TPSA) is 92.4 Å². The van der Waals surface area contributed by atoms with Crippen molar-refractivity contribution in [3.05, 3.63) is 42.4 Å². The van der Waals surface area contributed by atoms with Crippen molar-refractivity contribution in [2.75, 3.05) is 6.54 Å². The summed E-state index contributed by atoms with van der Waals surface area (Å²) in [5, 5.41) is 11.8. The number of aliphatic carboxylic acids is 1. The average Bonchev–Trinajstić information content (AvgIpc) is 3.25. The van der Waals surface area contributed by atoms with Crippen molar-refractivity contribution in [3.8, 4) is 11.3 Å². The van der Waals surface area contributed by atoms with E-state index in [0.717, 1.165) is 5.56 Å². The van der Waals surface area contributed by atoms with Crippen molar-refractivity contribution in [1.29, 1.82) is 0 Å². The molecule has 24 heavy (non-hydrogen) atoms. The largest absolute Gasteiger partial charge is 0.481 e. The summed E-state index contributed by atoms with van der Waals surface area (Å²) in [6.45, 7) is 0.221. The molecule has 0 aliphatic heterocycles. The first kappa shape index (κ1) is 16.2. The molecule has 1 aromatic heterocycles. The molecule has 126 valence electrons. The first-order valence-corrected chi connectivity index (χ1v) is 8.09. The molecular weight excluding hydrogens is 308 g/mol. The van der Waals surface area contributed by atoms with Gasteiger partial charge in [0.2, 0.25) is 5.91 Å². The average molecular weight is 328 g/mol. The SMILES string of the molecule is O=C(CCCc1ncc(-c2ccccc2)o1)NCC1(C(=O)O)CC1. The molecule has 1 saturated carbocycles. The van der Waals surface area contributed by atoms with E-state index < -0.39 is 11.4 Å². The normalized spacial score (nSPS) is 15.0. The molecule has 1 aliphatic rings. The van der Waals surface area contributed by atoms with E-state index in [0.29, 0.717) is 43.8 Å². The number of nitrogens with one attached hydrogen (secondary N) is 1. The van der Waals surface area contributed by atoms with Gasteiger partial charge < -0.3 is 14.8 Å². The standard InChI is InChI=1S/C18H20N2O4/c21-15(20-12-18(9-10-18)17(22)23)7-4-8-16-19-11-14(24-16)13-5-2-1-3-6-13/h1-3,5-6,11H,4,7-10,12H2,(H,20,21)(H,22,23). The van der Waals surface area contributed by atoms with Crippen LogP contribution >= 0.6 is 0 Å². The summed E-state index contributed by atoms with van der Waals surface area (Å²) in [7, 11) is 0. The van der Waals surface area contributed by atoms with E-state index in [1.54, 1.807) is 6.20 Å². The van der Waals surface area contributed by atoms with Crippen LogP contribution in [0.2, 0.25) is 0 Å². The highest BCUT2D eigenvalue weighted by Crippen LogP contribution is 2.45. The molecule has 2 aromatic rings. The van der Waals surface area contributed by atoms with Crippen molar-refractivity contribution >= 4 is 11.9 Å². The molecule has 1 heterocycles. The molecule has 0 radical (unpaired) electrons. The quantitative estimate of drug-likeness (QED) is 0.777. The lowest BCUT2D eigenvalue weighted by atomic mass is 10.1. The van der Waals surface area contributed by atoms with Crippen LogP contribution in [0.4, 0.5) is 0 Å². The number of hydrogen-bond acceptors (Lipinski definition) is 4. The summed E-state index contributed by atoms with van der Waals surface area (Å²) in [6, 6.07) is 9.72. The maximum atomic E-state index is 11.8. The van der Waals surface area contributed by atoms with Gasteiger partial charge in [-0.2, -0.15) is 0 Å². The van der Waals surface area contributed by atoms with E-state index >= 15 is 0 Å². The molecule has 1 amide bonds. The van der Waals surface area contributed by atoms with Gasteiger partial charge in [0.05, 0.1) is 11.6 Å². The Bertz CT molecular complexity index is 720. The Balaban J connectivity index is 1.41. The van der Waals surface area contributed by atoms with Crippen LogP contribution in [-0.2, 0) is 16.0 Å². The van der Waals surface area contributed by atoms with Gasteiger partial charge in [-0.25, -0.2) is 4.98 Å². The number of nitrogens with zero attached hydrogens (tertiary/aromatic N) is 1. The summed E-state index contributed by atoms with van der Waals surface area (Å²) in [6.07, 6.45) is 4.49. The molecule has 6 heteroatoms. The number of carbonyl (C=O) groups is 2. The second-order valence-corrected chi connectivity index (χ2v) is 6.20. The van der Waals surface area contributed by atoms with Gasteiger partial charge in [0.1, 0.15) is 0 Å². The Morgan fingerprint density at radius 1 is 1.25 bits per heavy atom. The van der Waals surface area contributed by atoms with Crippen LogP contribution in [0.25, 0.3) is 11.3 Å². The van der Waals surface area contributed by atoms with Gasteiger partial charge in [-0.05, 0) is 19.3 Å². The number of carboxylic acids is 1. The number of carbonyl (C=O) groups excluding carboxylic acids is 1. The van der Waals surface area contributed by atoms with Gasteiger partial charge in [0, 0.05) is 24.9 Å². The molecule has 0 spiro atoms. The van der Waals surface area contributed by atoms with E-state index in [4.69, 9.17) is 9.52 Å². The number of oxazole rings is 1. The fourth-order valence-corrected chi connectivity index (χ4v) is 2.54. The number of aryl methyl sites for hydroxylation is 1. The molecule has 0 bridgehead atoms. The van der Waals surface area contributed by atoms with Gasteiger partial charge in [-0.3, -0.25) is 9.59 Å². The molecule has 2 N–H and O–H groups in total. The lowest BCUT2D eigenvalue weighted by Gasteiger charge is -2.10. The second kappa shape index (κ2) is 6.86. The number of hydrogen-bond donors (Lipinski definition) is 2. The van der Waals surface area contributed by atoms with Gasteiger partial charge in [-0.1, -0.05) is 30.3 Å². The Kier molecular flexibility index (Phi) is 4.64. The smallest absolute Gasteiger partial charge is 0.311 e. The van der Waals surface area contributed by atoms with E-state index in [-0.39, 0.29) is 12.5 Å². The molecule has 0 unspecified atom stereocenters. The third-order valence-corrected chi connectivity index (χ3v) is 4.34. The Labute approximate surface area is 139 Å². The van der Waals surface area contributed by atoms with Crippen LogP contribution < -0.4 is 5.32 Å². The molecule has 1 fully saturated rings. The highest BCUT2D eigenvalue weighted by molar-refractivity contribution is 5.80.